The molecule has 98 valence electrons. The van der Waals surface area contributed by atoms with E-state index in [2.05, 4.69) is 15.4 Å². The molecule has 0 spiro atoms. The summed E-state index contributed by atoms with van der Waals surface area (Å²) in [6.45, 7) is 0.194. The quantitative estimate of drug-likeness (QED) is 0.838. The summed E-state index contributed by atoms with van der Waals surface area (Å²) >= 11 is 11.5. The monoisotopic (exact) mass is 290 g/mol. The summed E-state index contributed by atoms with van der Waals surface area (Å²) < 4.78 is 4.44. The number of halogens is 2. The molecule has 1 rings (SSSR count). The van der Waals surface area contributed by atoms with Crippen LogP contribution in [-0.4, -0.2) is 25.7 Å². The second-order valence-corrected chi connectivity index (χ2v) is 4.15. The van der Waals surface area contributed by atoms with Crippen LogP contribution >= 0.6 is 23.2 Å². The number of urea groups is 1. The molecule has 7 heteroatoms. The van der Waals surface area contributed by atoms with Crippen molar-refractivity contribution in [1.82, 2.24) is 5.32 Å². The Labute approximate surface area is 114 Å². The number of benzene rings is 1. The fourth-order valence-corrected chi connectivity index (χ4v) is 1.43. The predicted octanol–water partition coefficient (Wildman–Crippen LogP) is 2.68. The Kier molecular flexibility index (Phi) is 5.74. The fourth-order valence-electron chi connectivity index (χ4n) is 1.13. The van der Waals surface area contributed by atoms with E-state index in [-0.39, 0.29) is 18.9 Å². The Morgan fingerprint density at radius 3 is 2.61 bits per heavy atom. The molecular weight excluding hydrogens is 279 g/mol. The molecule has 0 heterocycles. The van der Waals surface area contributed by atoms with E-state index in [4.69, 9.17) is 23.2 Å². The maximum atomic E-state index is 11.4. The van der Waals surface area contributed by atoms with E-state index in [1.807, 2.05) is 0 Å². The maximum Gasteiger partial charge on any atom is 0.319 e. The molecule has 0 atom stereocenters. The number of nitrogens with one attached hydrogen (secondary N) is 2. The van der Waals surface area contributed by atoms with E-state index in [0.29, 0.717) is 15.7 Å². The van der Waals surface area contributed by atoms with E-state index < -0.39 is 6.03 Å². The smallest absolute Gasteiger partial charge is 0.319 e. The lowest BCUT2D eigenvalue weighted by Crippen LogP contribution is -2.30. The SMILES string of the molecule is COC(=O)CCNC(=O)Nc1ccc(Cl)c(Cl)c1. The molecule has 18 heavy (non-hydrogen) atoms. The Balaban J connectivity index is 2.40. The van der Waals surface area contributed by atoms with Crippen LogP contribution in [0.3, 0.4) is 0 Å². The minimum Gasteiger partial charge on any atom is -0.469 e. The van der Waals surface area contributed by atoms with Crippen molar-refractivity contribution in [1.29, 1.82) is 0 Å². The number of amides is 2. The van der Waals surface area contributed by atoms with Crippen molar-refractivity contribution < 1.29 is 14.3 Å². The molecule has 2 N–H and O–H groups in total. The van der Waals surface area contributed by atoms with Gasteiger partial charge in [-0.2, -0.15) is 0 Å². The highest BCUT2D eigenvalue weighted by molar-refractivity contribution is 6.42. The zero-order valence-electron chi connectivity index (χ0n) is 9.63. The van der Waals surface area contributed by atoms with Crippen LogP contribution in [0, 0.1) is 0 Å². The summed E-state index contributed by atoms with van der Waals surface area (Å²) in [4.78, 5) is 22.2. The lowest BCUT2D eigenvalue weighted by atomic mass is 10.3. The van der Waals surface area contributed by atoms with Gasteiger partial charge in [-0.15, -0.1) is 0 Å². The second-order valence-electron chi connectivity index (χ2n) is 3.34. The minimum absolute atomic E-state index is 0.116. The molecule has 1 aromatic rings. The third-order valence-electron chi connectivity index (χ3n) is 2.02. The third kappa shape index (κ3) is 4.81. The van der Waals surface area contributed by atoms with Crippen LogP contribution in [-0.2, 0) is 9.53 Å². The highest BCUT2D eigenvalue weighted by Gasteiger charge is 2.05. The molecule has 2 amide bonds. The molecule has 0 aliphatic carbocycles. The van der Waals surface area contributed by atoms with Gasteiger partial charge in [0.05, 0.1) is 23.6 Å². The first kappa shape index (κ1) is 14.6. The number of anilines is 1. The van der Waals surface area contributed by atoms with E-state index in [9.17, 15) is 9.59 Å². The molecule has 0 aliphatic heterocycles. The number of carbonyl (C=O) groups excluding carboxylic acids is 2. The second kappa shape index (κ2) is 7.08. The standard InChI is InChI=1S/C11H12Cl2N2O3/c1-18-10(16)4-5-14-11(17)15-7-2-3-8(12)9(13)6-7/h2-3,6H,4-5H2,1H3,(H2,14,15,17). The van der Waals surface area contributed by atoms with Gasteiger partial charge in [0.2, 0.25) is 0 Å². The summed E-state index contributed by atoms with van der Waals surface area (Å²) in [6.07, 6.45) is 0.116. The number of esters is 1. The van der Waals surface area contributed by atoms with Crippen molar-refractivity contribution in [3.8, 4) is 0 Å². The predicted molar refractivity (Wildman–Crippen MR) is 70.1 cm³/mol. The van der Waals surface area contributed by atoms with Crippen molar-refractivity contribution in [2.75, 3.05) is 19.0 Å². The lowest BCUT2D eigenvalue weighted by Gasteiger charge is -2.07. The fraction of sp³-hybridized carbons (Fsp3) is 0.273. The lowest BCUT2D eigenvalue weighted by molar-refractivity contribution is -0.140. The molecule has 1 aromatic carbocycles. The van der Waals surface area contributed by atoms with Gasteiger partial charge >= 0.3 is 12.0 Å². The van der Waals surface area contributed by atoms with Crippen molar-refractivity contribution in [2.24, 2.45) is 0 Å². The molecule has 0 fully saturated rings. The summed E-state index contributed by atoms with van der Waals surface area (Å²) in [6, 6.07) is 4.29. The van der Waals surface area contributed by atoms with Gasteiger partial charge in [0, 0.05) is 12.2 Å². The first-order chi connectivity index (χ1) is 8.52. The van der Waals surface area contributed by atoms with Crippen LogP contribution in [0.25, 0.3) is 0 Å². The van der Waals surface area contributed by atoms with Gasteiger partial charge in [-0.25, -0.2) is 4.79 Å². The van der Waals surface area contributed by atoms with Crippen LogP contribution in [0.15, 0.2) is 18.2 Å². The Bertz CT molecular complexity index is 452. The number of ether oxygens (including phenoxy) is 1. The number of hydrogen-bond donors (Lipinski definition) is 2. The topological polar surface area (TPSA) is 67.4 Å². The van der Waals surface area contributed by atoms with Gasteiger partial charge in [0.25, 0.3) is 0 Å². The molecule has 0 unspecified atom stereocenters. The van der Waals surface area contributed by atoms with Gasteiger partial charge < -0.3 is 15.4 Å². The highest BCUT2D eigenvalue weighted by Crippen LogP contribution is 2.24. The van der Waals surface area contributed by atoms with E-state index in [0.717, 1.165) is 0 Å². The van der Waals surface area contributed by atoms with Crippen molar-refractivity contribution >= 4 is 40.9 Å². The molecule has 0 saturated carbocycles. The molecular formula is C11H12Cl2N2O3. The van der Waals surface area contributed by atoms with Crippen LogP contribution in [0.5, 0.6) is 0 Å². The summed E-state index contributed by atoms with van der Waals surface area (Å²) in [5.74, 6) is -0.384. The van der Waals surface area contributed by atoms with Crippen LogP contribution in [0.2, 0.25) is 10.0 Å². The number of hydrogen-bond acceptors (Lipinski definition) is 3. The maximum absolute atomic E-state index is 11.4. The molecule has 0 aromatic heterocycles. The van der Waals surface area contributed by atoms with Crippen LogP contribution in [0.1, 0.15) is 6.42 Å². The highest BCUT2D eigenvalue weighted by atomic mass is 35.5. The number of rotatable bonds is 4. The Morgan fingerprint density at radius 1 is 1.28 bits per heavy atom. The van der Waals surface area contributed by atoms with Gasteiger partial charge in [-0.1, -0.05) is 23.2 Å². The van der Waals surface area contributed by atoms with Gasteiger partial charge in [-0.05, 0) is 18.2 Å². The summed E-state index contributed by atoms with van der Waals surface area (Å²) in [5.41, 5.74) is 0.514. The zero-order chi connectivity index (χ0) is 13.5. The molecule has 0 radical (unpaired) electrons. The molecule has 0 saturated heterocycles. The average Bonchev–Trinajstić information content (AvgIpc) is 2.33. The van der Waals surface area contributed by atoms with Gasteiger partial charge in [-0.3, -0.25) is 4.79 Å². The van der Waals surface area contributed by atoms with E-state index in [1.165, 1.54) is 13.2 Å². The van der Waals surface area contributed by atoms with E-state index in [1.54, 1.807) is 12.1 Å². The largest absolute Gasteiger partial charge is 0.469 e. The summed E-state index contributed by atoms with van der Waals surface area (Å²) in [5, 5.41) is 5.82. The van der Waals surface area contributed by atoms with E-state index >= 15 is 0 Å². The average molecular weight is 291 g/mol. The van der Waals surface area contributed by atoms with Crippen molar-refractivity contribution in [3.05, 3.63) is 28.2 Å². The normalized spacial score (nSPS) is 9.72. The molecule has 0 bridgehead atoms. The van der Waals surface area contributed by atoms with Crippen molar-refractivity contribution in [2.45, 2.75) is 6.42 Å². The zero-order valence-corrected chi connectivity index (χ0v) is 11.1. The number of methoxy groups -OCH3 is 1. The van der Waals surface area contributed by atoms with Gasteiger partial charge in [0.15, 0.2) is 0 Å². The third-order valence-corrected chi connectivity index (χ3v) is 2.76. The van der Waals surface area contributed by atoms with Gasteiger partial charge in [0.1, 0.15) is 0 Å². The molecule has 0 aliphatic rings. The first-order valence-corrected chi connectivity index (χ1v) is 5.85. The minimum atomic E-state index is -0.433. The number of carbonyl (C=O) groups is 2. The Hall–Kier alpha value is -1.46. The van der Waals surface area contributed by atoms with Crippen LogP contribution < -0.4 is 10.6 Å². The summed E-state index contributed by atoms with van der Waals surface area (Å²) in [7, 11) is 1.29. The molecule has 5 nitrogen and oxygen atoms in total. The Morgan fingerprint density at radius 2 is 2.00 bits per heavy atom. The first-order valence-electron chi connectivity index (χ1n) is 5.09. The van der Waals surface area contributed by atoms with Crippen molar-refractivity contribution in [3.63, 3.8) is 0 Å². The van der Waals surface area contributed by atoms with Crippen LogP contribution in [0.4, 0.5) is 10.5 Å².